The molecule has 0 heterocycles. The lowest BCUT2D eigenvalue weighted by atomic mass is 9.69. The molecule has 0 aromatic heterocycles. The Morgan fingerprint density at radius 3 is 2.50 bits per heavy atom. The molecular formula is C30H35ClN2O3. The van der Waals surface area contributed by atoms with Crippen LogP contribution in [0.2, 0.25) is 5.02 Å². The predicted octanol–water partition coefficient (Wildman–Crippen LogP) is 7.22. The number of ether oxygens (including phenoxy) is 1. The van der Waals surface area contributed by atoms with E-state index in [0.29, 0.717) is 23.1 Å². The van der Waals surface area contributed by atoms with Crippen LogP contribution in [0.15, 0.2) is 36.4 Å². The van der Waals surface area contributed by atoms with Gasteiger partial charge in [-0.05, 0) is 80.7 Å². The molecule has 190 valence electrons. The second-order valence-electron chi connectivity index (χ2n) is 10.2. The molecule has 0 saturated heterocycles. The third-order valence-electron chi connectivity index (χ3n) is 8.17. The van der Waals surface area contributed by atoms with Crippen LogP contribution in [-0.4, -0.2) is 25.9 Å². The van der Waals surface area contributed by atoms with Gasteiger partial charge in [-0.1, -0.05) is 49.1 Å². The number of aldehydes is 1. The standard InChI is InChI=1S/C30H35ClN2O3/c1-3-36-29(35)22-12-10-21(11-13-22)23-14-15-25(30(20-34)16-5-4-6-17-30)28(18-23)33(2)27-9-7-8-26(31)24(27)19-32/h7-9,14-15,18,20-22H,3-6,10-13,16-17H2,1-2H3. The summed E-state index contributed by atoms with van der Waals surface area (Å²) in [7, 11) is 1.95. The minimum Gasteiger partial charge on any atom is -0.466 e. The van der Waals surface area contributed by atoms with Crippen molar-refractivity contribution in [3.8, 4) is 6.07 Å². The van der Waals surface area contributed by atoms with Crippen LogP contribution < -0.4 is 4.90 Å². The Hall–Kier alpha value is -2.84. The molecule has 36 heavy (non-hydrogen) atoms. The molecule has 2 fully saturated rings. The number of hydrogen-bond donors (Lipinski definition) is 0. The molecule has 0 N–H and O–H groups in total. The van der Waals surface area contributed by atoms with E-state index in [4.69, 9.17) is 16.3 Å². The van der Waals surface area contributed by atoms with Crippen LogP contribution in [0.3, 0.4) is 0 Å². The van der Waals surface area contributed by atoms with E-state index in [0.717, 1.165) is 81.0 Å². The minimum absolute atomic E-state index is 0.0205. The van der Waals surface area contributed by atoms with Crippen molar-refractivity contribution in [3.05, 3.63) is 58.1 Å². The third kappa shape index (κ3) is 5.15. The van der Waals surface area contributed by atoms with Crippen LogP contribution in [0.1, 0.15) is 87.3 Å². The van der Waals surface area contributed by atoms with Crippen molar-refractivity contribution in [2.24, 2.45) is 5.92 Å². The topological polar surface area (TPSA) is 70.4 Å². The van der Waals surface area contributed by atoms with Crippen LogP contribution in [0, 0.1) is 17.2 Å². The largest absolute Gasteiger partial charge is 0.466 e. The zero-order chi connectivity index (χ0) is 25.7. The summed E-state index contributed by atoms with van der Waals surface area (Å²) in [6.07, 6.45) is 9.51. The van der Waals surface area contributed by atoms with Gasteiger partial charge in [0.2, 0.25) is 0 Å². The van der Waals surface area contributed by atoms with E-state index < -0.39 is 5.41 Å². The molecule has 5 nitrogen and oxygen atoms in total. The fraction of sp³-hybridized carbons (Fsp3) is 0.500. The molecule has 0 bridgehead atoms. The van der Waals surface area contributed by atoms with Crippen LogP contribution in [-0.2, 0) is 19.7 Å². The van der Waals surface area contributed by atoms with Gasteiger partial charge in [-0.25, -0.2) is 0 Å². The van der Waals surface area contributed by atoms with Gasteiger partial charge in [0.15, 0.2) is 0 Å². The number of benzene rings is 2. The number of rotatable bonds is 7. The Bertz CT molecular complexity index is 1140. The fourth-order valence-corrected chi connectivity index (χ4v) is 6.30. The van der Waals surface area contributed by atoms with Gasteiger partial charge < -0.3 is 14.4 Å². The van der Waals surface area contributed by atoms with Gasteiger partial charge in [0.1, 0.15) is 12.4 Å². The quantitative estimate of drug-likeness (QED) is 0.293. The monoisotopic (exact) mass is 506 g/mol. The van der Waals surface area contributed by atoms with Gasteiger partial charge in [-0.2, -0.15) is 5.26 Å². The van der Waals surface area contributed by atoms with Gasteiger partial charge >= 0.3 is 5.97 Å². The first-order valence-electron chi connectivity index (χ1n) is 13.1. The molecule has 2 aliphatic carbocycles. The van der Waals surface area contributed by atoms with Gasteiger partial charge in [-0.3, -0.25) is 4.79 Å². The van der Waals surface area contributed by atoms with E-state index in [1.54, 1.807) is 6.07 Å². The summed E-state index contributed by atoms with van der Waals surface area (Å²) in [5.41, 5.74) is 3.82. The highest BCUT2D eigenvalue weighted by molar-refractivity contribution is 6.32. The summed E-state index contributed by atoms with van der Waals surface area (Å²) < 4.78 is 5.24. The number of halogens is 1. The SMILES string of the molecule is CCOC(=O)C1CCC(c2ccc(C3(C=O)CCCCC3)c(N(C)c3cccc(Cl)c3C#N)c2)CC1. The van der Waals surface area contributed by atoms with E-state index in [9.17, 15) is 14.9 Å². The normalized spacial score (nSPS) is 21.3. The van der Waals surface area contributed by atoms with Crippen molar-refractivity contribution in [2.75, 3.05) is 18.6 Å². The summed E-state index contributed by atoms with van der Waals surface area (Å²) in [6.45, 7) is 2.27. The molecule has 0 atom stereocenters. The number of carbonyl (C=O) groups excluding carboxylic acids is 2. The van der Waals surface area contributed by atoms with Crippen molar-refractivity contribution >= 4 is 35.2 Å². The Balaban J connectivity index is 1.73. The third-order valence-corrected chi connectivity index (χ3v) is 8.49. The lowest BCUT2D eigenvalue weighted by Crippen LogP contribution is -2.33. The van der Waals surface area contributed by atoms with Crippen molar-refractivity contribution in [1.82, 2.24) is 0 Å². The average molecular weight is 507 g/mol. The van der Waals surface area contributed by atoms with E-state index >= 15 is 0 Å². The Morgan fingerprint density at radius 2 is 1.86 bits per heavy atom. The number of nitriles is 1. The van der Waals surface area contributed by atoms with Gasteiger partial charge in [0.05, 0.1) is 34.2 Å². The summed E-state index contributed by atoms with van der Waals surface area (Å²) in [6, 6.07) is 14.2. The van der Waals surface area contributed by atoms with E-state index in [2.05, 4.69) is 24.3 Å². The van der Waals surface area contributed by atoms with Crippen molar-refractivity contribution in [2.45, 2.75) is 76.0 Å². The molecule has 0 aliphatic heterocycles. The predicted molar refractivity (Wildman–Crippen MR) is 143 cm³/mol. The highest BCUT2D eigenvalue weighted by Gasteiger charge is 2.37. The van der Waals surface area contributed by atoms with E-state index in [-0.39, 0.29) is 11.9 Å². The average Bonchev–Trinajstić information content (AvgIpc) is 2.92. The number of nitrogens with zero attached hydrogens (tertiary/aromatic N) is 2. The smallest absolute Gasteiger partial charge is 0.308 e. The second kappa shape index (κ2) is 11.5. The van der Waals surface area contributed by atoms with Gasteiger partial charge in [0, 0.05) is 12.7 Å². The molecule has 2 aromatic carbocycles. The Kier molecular flexibility index (Phi) is 8.36. The summed E-state index contributed by atoms with van der Waals surface area (Å²) >= 11 is 6.38. The molecule has 2 saturated carbocycles. The van der Waals surface area contributed by atoms with Gasteiger partial charge in [-0.15, -0.1) is 0 Å². The fourth-order valence-electron chi connectivity index (χ4n) is 6.09. The number of hydrogen-bond acceptors (Lipinski definition) is 5. The van der Waals surface area contributed by atoms with Crippen LogP contribution in [0.5, 0.6) is 0 Å². The zero-order valence-electron chi connectivity index (χ0n) is 21.3. The molecule has 4 rings (SSSR count). The van der Waals surface area contributed by atoms with Crippen molar-refractivity contribution in [1.29, 1.82) is 5.26 Å². The molecule has 2 aliphatic rings. The number of anilines is 2. The Labute approximate surface area is 219 Å². The molecule has 0 spiro atoms. The minimum atomic E-state index is -0.521. The van der Waals surface area contributed by atoms with Crippen molar-refractivity contribution < 1.29 is 14.3 Å². The summed E-state index contributed by atoms with van der Waals surface area (Å²) in [5, 5.41) is 10.2. The number of esters is 1. The first kappa shape index (κ1) is 26.2. The second-order valence-corrected chi connectivity index (χ2v) is 10.6. The molecule has 0 unspecified atom stereocenters. The first-order valence-corrected chi connectivity index (χ1v) is 13.5. The molecule has 2 aromatic rings. The van der Waals surface area contributed by atoms with Crippen LogP contribution in [0.25, 0.3) is 0 Å². The number of carbonyl (C=O) groups is 2. The lowest BCUT2D eigenvalue weighted by molar-refractivity contribution is -0.149. The van der Waals surface area contributed by atoms with E-state index in [1.807, 2.05) is 31.0 Å². The molecule has 0 radical (unpaired) electrons. The maximum atomic E-state index is 12.6. The Morgan fingerprint density at radius 1 is 1.14 bits per heavy atom. The maximum Gasteiger partial charge on any atom is 0.308 e. The first-order chi connectivity index (χ1) is 17.4. The highest BCUT2D eigenvalue weighted by Crippen LogP contribution is 2.46. The van der Waals surface area contributed by atoms with Gasteiger partial charge in [0.25, 0.3) is 0 Å². The van der Waals surface area contributed by atoms with Crippen LogP contribution in [0.4, 0.5) is 11.4 Å². The molecule has 6 heteroatoms. The lowest BCUT2D eigenvalue weighted by Gasteiger charge is -2.37. The molecular weight excluding hydrogens is 472 g/mol. The molecule has 0 amide bonds. The summed E-state index contributed by atoms with van der Waals surface area (Å²) in [4.78, 5) is 26.8. The van der Waals surface area contributed by atoms with Crippen molar-refractivity contribution in [3.63, 3.8) is 0 Å². The summed E-state index contributed by atoms with van der Waals surface area (Å²) in [5.74, 6) is 0.236. The van der Waals surface area contributed by atoms with Crippen LogP contribution >= 0.6 is 11.6 Å². The maximum absolute atomic E-state index is 12.6. The zero-order valence-corrected chi connectivity index (χ0v) is 22.0. The van der Waals surface area contributed by atoms with E-state index in [1.165, 1.54) is 5.56 Å². The highest BCUT2D eigenvalue weighted by atomic mass is 35.5.